The highest BCUT2D eigenvalue weighted by Crippen LogP contribution is 2.20. The van der Waals surface area contributed by atoms with E-state index in [9.17, 15) is 23.2 Å². The third-order valence-corrected chi connectivity index (χ3v) is 4.09. The molecule has 2 aromatic heterocycles. The molecule has 0 atom stereocenters. The molecule has 6 nitrogen and oxygen atoms in total. The fourth-order valence-corrected chi connectivity index (χ4v) is 2.94. The van der Waals surface area contributed by atoms with Crippen LogP contribution in [0.15, 0.2) is 45.8 Å². The Hall–Kier alpha value is -2.77. The normalized spacial score (nSPS) is 11.2. The Kier molecular flexibility index (Phi) is 6.07. The van der Waals surface area contributed by atoms with E-state index in [0.29, 0.717) is 11.0 Å². The van der Waals surface area contributed by atoms with Crippen LogP contribution in [0, 0.1) is 0 Å². The zero-order valence-corrected chi connectivity index (χ0v) is 14.6. The van der Waals surface area contributed by atoms with Gasteiger partial charge in [0.1, 0.15) is 11.0 Å². The first-order valence-electron chi connectivity index (χ1n) is 8.30. The van der Waals surface area contributed by atoms with Gasteiger partial charge in [0.2, 0.25) is 0 Å². The highest BCUT2D eigenvalue weighted by atomic mass is 19.3. The first-order chi connectivity index (χ1) is 12.4. The molecule has 0 radical (unpaired) electrons. The molecule has 140 valence electrons. The van der Waals surface area contributed by atoms with Crippen LogP contribution in [0.25, 0.3) is 11.0 Å². The number of rotatable bonds is 8. The molecular formula is C18H21F2N3O3. The molecule has 0 unspecified atom stereocenters. The maximum absolute atomic E-state index is 13.8. The third kappa shape index (κ3) is 3.31. The number of nitrogens with zero attached hydrogens (tertiary/aromatic N) is 3. The second-order valence-corrected chi connectivity index (χ2v) is 5.84. The summed E-state index contributed by atoms with van der Waals surface area (Å²) in [5.41, 5.74) is -2.63. The highest BCUT2D eigenvalue weighted by molar-refractivity contribution is 5.75. The largest absolute Gasteiger partial charge is 0.333 e. The highest BCUT2D eigenvalue weighted by Gasteiger charge is 2.23. The molecule has 2 rings (SSSR count). The van der Waals surface area contributed by atoms with E-state index in [1.165, 1.54) is 12.2 Å². The Morgan fingerprint density at radius 2 is 1.73 bits per heavy atom. The Bertz CT molecular complexity index is 1020. The molecule has 2 aromatic rings. The molecule has 0 fully saturated rings. The smallest absolute Gasteiger partial charge is 0.289 e. The van der Waals surface area contributed by atoms with E-state index >= 15 is 0 Å². The summed E-state index contributed by atoms with van der Waals surface area (Å²) in [4.78, 5) is 37.8. The number of aromatic nitrogens is 3. The van der Waals surface area contributed by atoms with Crippen molar-refractivity contribution in [3.63, 3.8) is 0 Å². The van der Waals surface area contributed by atoms with Crippen molar-refractivity contribution in [3.05, 3.63) is 68.1 Å². The fraction of sp³-hybridized carbons (Fsp3) is 0.389. The van der Waals surface area contributed by atoms with Gasteiger partial charge in [0, 0.05) is 24.8 Å². The fourth-order valence-electron chi connectivity index (χ4n) is 2.94. The number of hydrogen-bond donors (Lipinski definition) is 0. The van der Waals surface area contributed by atoms with E-state index in [-0.39, 0.29) is 30.9 Å². The number of halogens is 2. The van der Waals surface area contributed by atoms with Crippen LogP contribution in [0.4, 0.5) is 8.78 Å². The summed E-state index contributed by atoms with van der Waals surface area (Å²) in [7, 11) is 0. The number of hydrogen-bond acceptors (Lipinski definition) is 3. The second kappa shape index (κ2) is 8.07. The Balaban J connectivity index is 3.12. The first kappa shape index (κ1) is 19.6. The molecule has 0 saturated heterocycles. The van der Waals surface area contributed by atoms with Crippen LogP contribution in [-0.4, -0.2) is 13.7 Å². The zero-order valence-electron chi connectivity index (χ0n) is 14.6. The molecule has 0 amide bonds. The summed E-state index contributed by atoms with van der Waals surface area (Å²) in [6, 6.07) is 1.06. The van der Waals surface area contributed by atoms with E-state index in [2.05, 4.69) is 13.2 Å². The lowest BCUT2D eigenvalue weighted by molar-refractivity contribution is 0.0701. The molecule has 0 spiro atoms. The van der Waals surface area contributed by atoms with Gasteiger partial charge >= 0.3 is 12.2 Å². The SMILES string of the molecule is C=CCn1c(=O)c2c(=O)cc(CCCC)n(C(F)F)c2n(CC=C)c1=O. The minimum atomic E-state index is -3.00. The van der Waals surface area contributed by atoms with Crippen LogP contribution in [0.3, 0.4) is 0 Å². The number of fused-ring (bicyclic) bond motifs is 1. The van der Waals surface area contributed by atoms with E-state index in [0.717, 1.165) is 21.6 Å². The molecule has 0 saturated carbocycles. The summed E-state index contributed by atoms with van der Waals surface area (Å²) >= 11 is 0. The summed E-state index contributed by atoms with van der Waals surface area (Å²) in [6.45, 7) is 5.66. The second-order valence-electron chi connectivity index (χ2n) is 5.84. The molecular weight excluding hydrogens is 344 g/mol. The van der Waals surface area contributed by atoms with Gasteiger partial charge in [-0.3, -0.25) is 23.3 Å². The molecule has 2 heterocycles. The number of alkyl halides is 2. The zero-order chi connectivity index (χ0) is 19.4. The van der Waals surface area contributed by atoms with Gasteiger partial charge in [-0.2, -0.15) is 8.78 Å². The average Bonchev–Trinajstić information content (AvgIpc) is 2.59. The molecule has 0 aromatic carbocycles. The lowest BCUT2D eigenvalue weighted by Crippen LogP contribution is -2.43. The van der Waals surface area contributed by atoms with E-state index in [4.69, 9.17) is 0 Å². The quantitative estimate of drug-likeness (QED) is 0.675. The maximum Gasteiger partial charge on any atom is 0.333 e. The van der Waals surface area contributed by atoms with Crippen molar-refractivity contribution >= 4 is 11.0 Å². The minimum absolute atomic E-state index is 0.0948. The number of unbranched alkanes of at least 4 members (excludes halogenated alkanes) is 1. The van der Waals surface area contributed by atoms with Crippen molar-refractivity contribution < 1.29 is 8.78 Å². The van der Waals surface area contributed by atoms with Crippen molar-refractivity contribution in [2.75, 3.05) is 0 Å². The molecule has 0 bridgehead atoms. The third-order valence-electron chi connectivity index (χ3n) is 4.09. The van der Waals surface area contributed by atoms with Gasteiger partial charge in [0.25, 0.3) is 5.56 Å². The van der Waals surface area contributed by atoms with Crippen molar-refractivity contribution in [2.45, 2.75) is 45.8 Å². The van der Waals surface area contributed by atoms with Gasteiger partial charge in [-0.1, -0.05) is 25.5 Å². The summed E-state index contributed by atoms with van der Waals surface area (Å²) in [5, 5.41) is -0.436. The number of allylic oxidation sites excluding steroid dienone is 2. The Morgan fingerprint density at radius 3 is 2.27 bits per heavy atom. The van der Waals surface area contributed by atoms with Gasteiger partial charge in [-0.15, -0.1) is 13.2 Å². The molecule has 0 aliphatic rings. The maximum atomic E-state index is 13.8. The van der Waals surface area contributed by atoms with Gasteiger partial charge in [0.05, 0.1) is 0 Å². The summed E-state index contributed by atoms with van der Waals surface area (Å²) in [5.74, 6) is 0. The minimum Gasteiger partial charge on any atom is -0.289 e. The van der Waals surface area contributed by atoms with Crippen LogP contribution >= 0.6 is 0 Å². The van der Waals surface area contributed by atoms with Crippen LogP contribution in [0.1, 0.15) is 32.0 Å². The van der Waals surface area contributed by atoms with E-state index in [1.807, 2.05) is 6.92 Å². The Morgan fingerprint density at radius 1 is 1.12 bits per heavy atom. The van der Waals surface area contributed by atoms with Gasteiger partial charge in [-0.25, -0.2) is 4.79 Å². The monoisotopic (exact) mass is 365 g/mol. The van der Waals surface area contributed by atoms with Gasteiger partial charge < -0.3 is 0 Å². The first-order valence-corrected chi connectivity index (χ1v) is 8.30. The van der Waals surface area contributed by atoms with Gasteiger partial charge in [0.15, 0.2) is 5.43 Å². The summed E-state index contributed by atoms with van der Waals surface area (Å²) in [6.07, 6.45) is 4.26. The lowest BCUT2D eigenvalue weighted by Gasteiger charge is -2.19. The molecule has 26 heavy (non-hydrogen) atoms. The van der Waals surface area contributed by atoms with E-state index < -0.39 is 28.6 Å². The molecule has 0 aliphatic heterocycles. The topological polar surface area (TPSA) is 66.0 Å². The lowest BCUT2D eigenvalue weighted by atomic mass is 10.1. The van der Waals surface area contributed by atoms with Crippen LogP contribution in [0.5, 0.6) is 0 Å². The molecule has 0 aliphatic carbocycles. The van der Waals surface area contributed by atoms with Crippen LogP contribution in [0.2, 0.25) is 0 Å². The standard InChI is InChI=1S/C18H21F2N3O3/c1-4-7-8-12-11-13(24)14-15(23(12)17(19)20)21(9-5-2)18(26)22(10-6-3)16(14)25/h5-6,11,17H,2-4,7-10H2,1H3. The van der Waals surface area contributed by atoms with Gasteiger partial charge in [-0.05, 0) is 12.8 Å². The molecule has 8 heteroatoms. The predicted octanol–water partition coefficient (Wildman–Crippen LogP) is 2.43. The predicted molar refractivity (Wildman–Crippen MR) is 97.0 cm³/mol. The van der Waals surface area contributed by atoms with Crippen molar-refractivity contribution in [1.29, 1.82) is 0 Å². The summed E-state index contributed by atoms with van der Waals surface area (Å²) < 4.78 is 30.1. The molecule has 0 N–H and O–H groups in total. The number of aryl methyl sites for hydroxylation is 1. The number of pyridine rings is 1. The van der Waals surface area contributed by atoms with Crippen LogP contribution < -0.4 is 16.7 Å². The Labute approximate surface area is 148 Å². The van der Waals surface area contributed by atoms with Crippen LogP contribution in [-0.2, 0) is 19.5 Å². The van der Waals surface area contributed by atoms with Crippen molar-refractivity contribution in [3.8, 4) is 0 Å². The van der Waals surface area contributed by atoms with E-state index in [1.54, 1.807) is 0 Å². The van der Waals surface area contributed by atoms with Crippen molar-refractivity contribution in [2.24, 2.45) is 0 Å². The van der Waals surface area contributed by atoms with Crippen molar-refractivity contribution in [1.82, 2.24) is 13.7 Å². The average molecular weight is 365 g/mol.